The first-order valence-electron chi connectivity index (χ1n) is 4.84. The monoisotopic (exact) mass is 181 g/mol. The topological polar surface area (TPSA) is 43.8 Å². The van der Waals surface area contributed by atoms with Gasteiger partial charge in [-0.2, -0.15) is 0 Å². The van der Waals surface area contributed by atoms with E-state index in [1.54, 1.807) is 0 Å². The van der Waals surface area contributed by atoms with Gasteiger partial charge < -0.3 is 10.3 Å². The zero-order chi connectivity index (χ0) is 9.84. The SMILES string of the molecule is CC(C)CCc1cnc(CN)n1C. The first kappa shape index (κ1) is 10.3. The lowest BCUT2D eigenvalue weighted by molar-refractivity contribution is 0.571. The minimum absolute atomic E-state index is 0.526. The summed E-state index contributed by atoms with van der Waals surface area (Å²) in [6.07, 6.45) is 4.25. The van der Waals surface area contributed by atoms with Crippen molar-refractivity contribution >= 4 is 0 Å². The molecule has 0 spiro atoms. The molecular formula is C10H19N3. The molecule has 0 aliphatic carbocycles. The van der Waals surface area contributed by atoms with Gasteiger partial charge in [-0.25, -0.2) is 4.98 Å². The number of nitrogens with two attached hydrogens (primary N) is 1. The molecule has 0 radical (unpaired) electrons. The van der Waals surface area contributed by atoms with Crippen LogP contribution in [0, 0.1) is 5.92 Å². The Morgan fingerprint density at radius 2 is 2.23 bits per heavy atom. The van der Waals surface area contributed by atoms with Crippen molar-refractivity contribution in [2.24, 2.45) is 18.7 Å². The van der Waals surface area contributed by atoms with Crippen LogP contribution in [0.4, 0.5) is 0 Å². The van der Waals surface area contributed by atoms with Gasteiger partial charge >= 0.3 is 0 Å². The molecule has 0 aliphatic rings. The Bertz CT molecular complexity index is 263. The molecule has 1 aromatic rings. The van der Waals surface area contributed by atoms with Crippen molar-refractivity contribution in [1.82, 2.24) is 9.55 Å². The maximum Gasteiger partial charge on any atom is 0.122 e. The van der Waals surface area contributed by atoms with E-state index in [-0.39, 0.29) is 0 Å². The second-order valence-corrected chi connectivity index (χ2v) is 3.86. The Morgan fingerprint density at radius 1 is 1.54 bits per heavy atom. The minimum atomic E-state index is 0.526. The van der Waals surface area contributed by atoms with Crippen LogP contribution in [-0.4, -0.2) is 9.55 Å². The lowest BCUT2D eigenvalue weighted by Gasteiger charge is -2.06. The molecule has 1 aromatic heterocycles. The van der Waals surface area contributed by atoms with Crippen LogP contribution in [0.3, 0.4) is 0 Å². The Morgan fingerprint density at radius 3 is 2.69 bits per heavy atom. The largest absolute Gasteiger partial charge is 0.334 e. The van der Waals surface area contributed by atoms with E-state index in [2.05, 4.69) is 23.4 Å². The third-order valence-corrected chi connectivity index (χ3v) is 2.34. The summed E-state index contributed by atoms with van der Waals surface area (Å²) in [6.45, 7) is 5.00. The molecule has 0 bridgehead atoms. The third-order valence-electron chi connectivity index (χ3n) is 2.34. The zero-order valence-corrected chi connectivity index (χ0v) is 8.75. The molecule has 0 amide bonds. The molecular weight excluding hydrogens is 162 g/mol. The molecule has 74 valence electrons. The zero-order valence-electron chi connectivity index (χ0n) is 8.75. The fourth-order valence-electron chi connectivity index (χ4n) is 1.35. The van der Waals surface area contributed by atoms with E-state index in [0.717, 1.165) is 18.2 Å². The van der Waals surface area contributed by atoms with E-state index in [1.807, 2.05) is 13.2 Å². The Kier molecular flexibility index (Phi) is 3.48. The van der Waals surface area contributed by atoms with E-state index in [9.17, 15) is 0 Å². The van der Waals surface area contributed by atoms with Gasteiger partial charge in [0.15, 0.2) is 0 Å². The quantitative estimate of drug-likeness (QED) is 0.764. The average Bonchev–Trinajstić information content (AvgIpc) is 2.43. The smallest absolute Gasteiger partial charge is 0.122 e. The second kappa shape index (κ2) is 4.42. The van der Waals surface area contributed by atoms with Crippen LogP contribution in [0.25, 0.3) is 0 Å². The van der Waals surface area contributed by atoms with Gasteiger partial charge in [-0.15, -0.1) is 0 Å². The van der Waals surface area contributed by atoms with Gasteiger partial charge in [0.25, 0.3) is 0 Å². The van der Waals surface area contributed by atoms with Gasteiger partial charge in [-0.3, -0.25) is 0 Å². The van der Waals surface area contributed by atoms with Crippen molar-refractivity contribution in [2.75, 3.05) is 0 Å². The van der Waals surface area contributed by atoms with Gasteiger partial charge in [0.1, 0.15) is 5.82 Å². The molecule has 3 heteroatoms. The molecule has 1 heterocycles. The number of rotatable bonds is 4. The summed E-state index contributed by atoms with van der Waals surface area (Å²) in [7, 11) is 2.03. The number of aromatic nitrogens is 2. The van der Waals surface area contributed by atoms with Crippen LogP contribution in [0.2, 0.25) is 0 Å². The summed E-state index contributed by atoms with van der Waals surface area (Å²) in [5.74, 6) is 1.72. The Hall–Kier alpha value is -0.830. The van der Waals surface area contributed by atoms with E-state index in [0.29, 0.717) is 6.54 Å². The molecule has 3 nitrogen and oxygen atoms in total. The molecule has 0 atom stereocenters. The van der Waals surface area contributed by atoms with Gasteiger partial charge in [0, 0.05) is 18.9 Å². The lowest BCUT2D eigenvalue weighted by Crippen LogP contribution is -2.07. The van der Waals surface area contributed by atoms with Crippen molar-refractivity contribution in [1.29, 1.82) is 0 Å². The Labute approximate surface area is 80.0 Å². The predicted molar refractivity (Wildman–Crippen MR) is 54.3 cm³/mol. The van der Waals surface area contributed by atoms with Crippen LogP contribution in [0.1, 0.15) is 31.8 Å². The maximum absolute atomic E-state index is 5.54. The highest BCUT2D eigenvalue weighted by Gasteiger charge is 2.04. The summed E-state index contributed by atoms with van der Waals surface area (Å²) in [6, 6.07) is 0. The van der Waals surface area contributed by atoms with Crippen molar-refractivity contribution in [3.8, 4) is 0 Å². The highest BCUT2D eigenvalue weighted by molar-refractivity contribution is 5.04. The number of hydrogen-bond acceptors (Lipinski definition) is 2. The molecule has 0 aliphatic heterocycles. The molecule has 0 aromatic carbocycles. The number of hydrogen-bond donors (Lipinski definition) is 1. The van der Waals surface area contributed by atoms with Crippen molar-refractivity contribution in [3.05, 3.63) is 17.7 Å². The Balaban J connectivity index is 2.62. The van der Waals surface area contributed by atoms with Gasteiger partial charge in [-0.05, 0) is 18.8 Å². The predicted octanol–water partition coefficient (Wildman–Crippen LogP) is 1.47. The molecule has 0 unspecified atom stereocenters. The molecule has 1 rings (SSSR count). The maximum atomic E-state index is 5.54. The van der Waals surface area contributed by atoms with E-state index in [1.165, 1.54) is 12.1 Å². The van der Waals surface area contributed by atoms with Gasteiger partial charge in [-0.1, -0.05) is 13.8 Å². The van der Waals surface area contributed by atoms with Crippen LogP contribution in [0.15, 0.2) is 6.20 Å². The van der Waals surface area contributed by atoms with Crippen molar-refractivity contribution in [3.63, 3.8) is 0 Å². The summed E-state index contributed by atoms with van der Waals surface area (Å²) in [5, 5.41) is 0. The average molecular weight is 181 g/mol. The number of nitrogens with zero attached hydrogens (tertiary/aromatic N) is 2. The summed E-state index contributed by atoms with van der Waals surface area (Å²) < 4.78 is 2.10. The lowest BCUT2D eigenvalue weighted by atomic mass is 10.1. The van der Waals surface area contributed by atoms with Crippen molar-refractivity contribution in [2.45, 2.75) is 33.2 Å². The van der Waals surface area contributed by atoms with E-state index < -0.39 is 0 Å². The van der Waals surface area contributed by atoms with Crippen LogP contribution in [-0.2, 0) is 20.0 Å². The van der Waals surface area contributed by atoms with Crippen molar-refractivity contribution < 1.29 is 0 Å². The summed E-state index contributed by atoms with van der Waals surface area (Å²) in [5.41, 5.74) is 6.82. The van der Waals surface area contributed by atoms with Gasteiger partial charge in [0.2, 0.25) is 0 Å². The molecule has 2 N–H and O–H groups in total. The van der Waals surface area contributed by atoms with E-state index >= 15 is 0 Å². The highest BCUT2D eigenvalue weighted by Crippen LogP contribution is 2.09. The molecule has 0 fully saturated rings. The van der Waals surface area contributed by atoms with Crippen LogP contribution in [0.5, 0.6) is 0 Å². The number of aryl methyl sites for hydroxylation is 1. The first-order chi connectivity index (χ1) is 6.15. The van der Waals surface area contributed by atoms with E-state index in [4.69, 9.17) is 5.73 Å². The van der Waals surface area contributed by atoms with Crippen LogP contribution < -0.4 is 5.73 Å². The highest BCUT2D eigenvalue weighted by atomic mass is 15.1. The summed E-state index contributed by atoms with van der Waals surface area (Å²) in [4.78, 5) is 4.25. The fraction of sp³-hybridized carbons (Fsp3) is 0.700. The number of imidazole rings is 1. The van der Waals surface area contributed by atoms with Gasteiger partial charge in [0.05, 0.1) is 6.54 Å². The molecule has 13 heavy (non-hydrogen) atoms. The first-order valence-corrected chi connectivity index (χ1v) is 4.84. The summed E-state index contributed by atoms with van der Waals surface area (Å²) >= 11 is 0. The third kappa shape index (κ3) is 2.56. The molecule has 0 saturated carbocycles. The standard InChI is InChI=1S/C10H19N3/c1-8(2)4-5-9-7-12-10(6-11)13(9)3/h7-8H,4-6,11H2,1-3H3. The fourth-order valence-corrected chi connectivity index (χ4v) is 1.35. The van der Waals surface area contributed by atoms with Crippen LogP contribution >= 0.6 is 0 Å². The minimum Gasteiger partial charge on any atom is -0.334 e. The second-order valence-electron chi connectivity index (χ2n) is 3.86. The normalized spacial score (nSPS) is 11.2. The molecule has 0 saturated heterocycles.